The molecule has 2 amide bonds. The molecule has 6 rings (SSSR count). The maximum absolute atomic E-state index is 13.0. The molecule has 0 unspecified atom stereocenters. The molecule has 0 aliphatic carbocycles. The van der Waals surface area contributed by atoms with Gasteiger partial charge < -0.3 is 30.3 Å². The number of piperidine rings is 1. The fraction of sp³-hybridized carbons (Fsp3) is 0.344. The van der Waals surface area contributed by atoms with Gasteiger partial charge in [-0.15, -0.1) is 0 Å². The molecule has 0 atom stereocenters. The van der Waals surface area contributed by atoms with Crippen LogP contribution < -0.4 is 20.7 Å². The summed E-state index contributed by atoms with van der Waals surface area (Å²) < 4.78 is 12.9. The summed E-state index contributed by atoms with van der Waals surface area (Å²) >= 11 is 0. The molecular weight excluding hydrogens is 532 g/mol. The number of primary amides is 1. The number of benzene rings is 2. The summed E-state index contributed by atoms with van der Waals surface area (Å²) in [7, 11) is 1.59. The molecule has 4 aromatic rings. The standard InChI is InChI=1S/C32H36N6O4/c1-41-21-24-18-28-23(9-17-38(28)32(33)40)19-29(24)42-27-8-12-34-30(20-27)35-31(39)22-4-6-25(7-5-22)37-15-10-26(11-16-37)36-13-2-3-14-36/h4-9,12,17-20,26H,2-3,10-11,13-16,21H2,1H3,(H2,33,40)(H,34,35,39). The molecule has 3 N–H and O–H groups in total. The molecule has 2 aromatic carbocycles. The summed E-state index contributed by atoms with van der Waals surface area (Å²) in [5, 5.41) is 3.67. The highest BCUT2D eigenvalue weighted by Crippen LogP contribution is 2.32. The van der Waals surface area contributed by atoms with Gasteiger partial charge in [0.05, 0.1) is 12.1 Å². The van der Waals surface area contributed by atoms with E-state index in [1.165, 1.54) is 43.3 Å². The molecule has 2 aliphatic heterocycles. The van der Waals surface area contributed by atoms with Crippen molar-refractivity contribution in [2.75, 3.05) is 43.5 Å². The molecule has 42 heavy (non-hydrogen) atoms. The molecule has 218 valence electrons. The fourth-order valence-electron chi connectivity index (χ4n) is 6.04. The van der Waals surface area contributed by atoms with E-state index >= 15 is 0 Å². The van der Waals surface area contributed by atoms with Crippen molar-refractivity contribution in [1.29, 1.82) is 0 Å². The SMILES string of the molecule is COCc1cc2c(ccn2C(N)=O)cc1Oc1ccnc(NC(=O)c2ccc(N3CCC(N4CCCC4)CC3)cc2)c1. The van der Waals surface area contributed by atoms with Gasteiger partial charge in [0, 0.05) is 66.9 Å². The normalized spacial score (nSPS) is 16.2. The summed E-state index contributed by atoms with van der Waals surface area (Å²) in [5.41, 5.74) is 8.61. The largest absolute Gasteiger partial charge is 0.457 e. The van der Waals surface area contributed by atoms with Crippen molar-refractivity contribution in [2.45, 2.75) is 38.3 Å². The predicted molar refractivity (Wildman–Crippen MR) is 162 cm³/mol. The number of amides is 2. The number of nitrogens with two attached hydrogens (primary N) is 1. The van der Waals surface area contributed by atoms with Gasteiger partial charge in [-0.25, -0.2) is 9.78 Å². The van der Waals surface area contributed by atoms with E-state index in [1.54, 1.807) is 37.7 Å². The molecule has 0 radical (unpaired) electrons. The van der Waals surface area contributed by atoms with Crippen molar-refractivity contribution in [3.8, 4) is 11.5 Å². The highest BCUT2D eigenvalue weighted by molar-refractivity contribution is 6.04. The number of methoxy groups -OCH3 is 1. The van der Waals surface area contributed by atoms with E-state index in [1.807, 2.05) is 36.4 Å². The third-order valence-electron chi connectivity index (χ3n) is 8.23. The molecule has 2 aromatic heterocycles. The zero-order chi connectivity index (χ0) is 29.1. The number of ether oxygens (including phenoxy) is 2. The molecule has 0 saturated carbocycles. The summed E-state index contributed by atoms with van der Waals surface area (Å²) in [6.07, 6.45) is 8.24. The van der Waals surface area contributed by atoms with E-state index in [4.69, 9.17) is 15.2 Å². The number of fused-ring (bicyclic) bond motifs is 1. The van der Waals surface area contributed by atoms with E-state index in [0.717, 1.165) is 29.7 Å². The van der Waals surface area contributed by atoms with E-state index in [0.29, 0.717) is 34.4 Å². The van der Waals surface area contributed by atoms with Crippen LogP contribution in [0.3, 0.4) is 0 Å². The van der Waals surface area contributed by atoms with Gasteiger partial charge in [-0.3, -0.25) is 9.36 Å². The second-order valence-corrected chi connectivity index (χ2v) is 10.9. The highest BCUT2D eigenvalue weighted by Gasteiger charge is 2.26. The minimum absolute atomic E-state index is 0.242. The van der Waals surface area contributed by atoms with Crippen LogP contribution in [-0.4, -0.2) is 65.7 Å². The number of rotatable bonds is 8. The molecular formula is C32H36N6O4. The van der Waals surface area contributed by atoms with Gasteiger partial charge >= 0.3 is 6.03 Å². The van der Waals surface area contributed by atoms with Crippen LogP contribution in [0, 0.1) is 0 Å². The van der Waals surface area contributed by atoms with Crippen LogP contribution in [0.1, 0.15) is 41.6 Å². The number of hydrogen-bond acceptors (Lipinski definition) is 7. The van der Waals surface area contributed by atoms with Crippen LogP contribution in [0.4, 0.5) is 16.3 Å². The molecule has 0 spiro atoms. The lowest BCUT2D eigenvalue weighted by atomic mass is 10.0. The van der Waals surface area contributed by atoms with Crippen molar-refractivity contribution in [2.24, 2.45) is 5.73 Å². The lowest BCUT2D eigenvalue weighted by Crippen LogP contribution is -2.43. The zero-order valence-corrected chi connectivity index (χ0v) is 23.8. The van der Waals surface area contributed by atoms with Crippen LogP contribution in [0.2, 0.25) is 0 Å². The van der Waals surface area contributed by atoms with E-state index in [-0.39, 0.29) is 12.5 Å². The number of aromatic nitrogens is 2. The smallest absolute Gasteiger partial charge is 0.323 e. The number of nitrogens with zero attached hydrogens (tertiary/aromatic N) is 4. The first-order valence-electron chi connectivity index (χ1n) is 14.5. The zero-order valence-electron chi connectivity index (χ0n) is 23.8. The Balaban J connectivity index is 1.10. The van der Waals surface area contributed by atoms with Gasteiger partial charge in [-0.1, -0.05) is 0 Å². The molecule has 0 bridgehead atoms. The van der Waals surface area contributed by atoms with E-state index < -0.39 is 6.03 Å². The molecule has 2 aliphatic rings. The third kappa shape index (κ3) is 5.95. The Labute approximate surface area is 245 Å². The average molecular weight is 569 g/mol. The number of hydrogen-bond donors (Lipinski definition) is 2. The summed E-state index contributed by atoms with van der Waals surface area (Å²) in [4.78, 5) is 34.2. The monoisotopic (exact) mass is 568 g/mol. The molecule has 10 nitrogen and oxygen atoms in total. The Morgan fingerprint density at radius 2 is 1.76 bits per heavy atom. The number of carbonyl (C=O) groups excluding carboxylic acids is 2. The minimum Gasteiger partial charge on any atom is -0.457 e. The van der Waals surface area contributed by atoms with Crippen LogP contribution >= 0.6 is 0 Å². The van der Waals surface area contributed by atoms with Gasteiger partial charge in [0.1, 0.15) is 17.3 Å². The maximum atomic E-state index is 13.0. The molecule has 4 heterocycles. The Morgan fingerprint density at radius 1 is 1.00 bits per heavy atom. The first kappa shape index (κ1) is 27.7. The minimum atomic E-state index is -0.566. The summed E-state index contributed by atoms with van der Waals surface area (Å²) in [6.45, 7) is 4.85. The average Bonchev–Trinajstić information content (AvgIpc) is 3.69. The first-order valence-corrected chi connectivity index (χ1v) is 14.5. The van der Waals surface area contributed by atoms with Gasteiger partial charge in [-0.05, 0) is 87.3 Å². The number of pyridine rings is 1. The first-order chi connectivity index (χ1) is 20.5. The number of anilines is 2. The van der Waals surface area contributed by atoms with E-state index in [2.05, 4.69) is 20.1 Å². The van der Waals surface area contributed by atoms with Gasteiger partial charge in [0.25, 0.3) is 5.91 Å². The Bertz CT molecular complexity index is 1570. The van der Waals surface area contributed by atoms with Gasteiger partial charge in [0.2, 0.25) is 0 Å². The summed E-state index contributed by atoms with van der Waals surface area (Å²) in [5.74, 6) is 1.20. The molecule has 10 heteroatoms. The van der Waals surface area contributed by atoms with Crippen LogP contribution in [0.5, 0.6) is 11.5 Å². The van der Waals surface area contributed by atoms with Gasteiger partial charge in [-0.2, -0.15) is 0 Å². The number of carbonyl (C=O) groups is 2. The van der Waals surface area contributed by atoms with Gasteiger partial charge in [0.15, 0.2) is 0 Å². The number of nitrogens with one attached hydrogen (secondary N) is 1. The quantitative estimate of drug-likeness (QED) is 0.300. The van der Waals surface area contributed by atoms with Crippen molar-refractivity contribution < 1.29 is 19.1 Å². The van der Waals surface area contributed by atoms with Crippen LogP contribution in [0.25, 0.3) is 10.9 Å². The van der Waals surface area contributed by atoms with Crippen LogP contribution in [0.15, 0.2) is 67.0 Å². The fourth-order valence-corrected chi connectivity index (χ4v) is 6.04. The topological polar surface area (TPSA) is 115 Å². The van der Waals surface area contributed by atoms with Crippen molar-refractivity contribution in [3.63, 3.8) is 0 Å². The lowest BCUT2D eigenvalue weighted by Gasteiger charge is -2.37. The molecule has 2 saturated heterocycles. The van der Waals surface area contributed by atoms with Crippen LogP contribution in [-0.2, 0) is 11.3 Å². The van der Waals surface area contributed by atoms with Crippen molar-refractivity contribution in [3.05, 3.63) is 78.1 Å². The van der Waals surface area contributed by atoms with Crippen molar-refractivity contribution in [1.82, 2.24) is 14.5 Å². The predicted octanol–water partition coefficient (Wildman–Crippen LogP) is 5.22. The van der Waals surface area contributed by atoms with E-state index in [9.17, 15) is 9.59 Å². The third-order valence-corrected chi connectivity index (χ3v) is 8.23. The van der Waals surface area contributed by atoms with Crippen molar-refractivity contribution >= 4 is 34.3 Å². The number of likely N-dealkylation sites (tertiary alicyclic amines) is 1. The maximum Gasteiger partial charge on any atom is 0.323 e. The Kier molecular flexibility index (Phi) is 8.07. The lowest BCUT2D eigenvalue weighted by molar-refractivity contribution is 0.102. The highest BCUT2D eigenvalue weighted by atomic mass is 16.5. The second kappa shape index (κ2) is 12.2. The second-order valence-electron chi connectivity index (χ2n) is 10.9. The Morgan fingerprint density at radius 3 is 2.48 bits per heavy atom. The summed E-state index contributed by atoms with van der Waals surface area (Å²) in [6, 6.07) is 16.8. The molecule has 2 fully saturated rings. The Hall–Kier alpha value is -4.41.